The number of nitrogens with one attached hydrogen (secondary N) is 1. The monoisotopic (exact) mass is 904 g/mol. The Balaban J connectivity index is 3.49. The standard InChI is InChI=1S/C59H117NO4/c1-3-5-7-9-11-13-15-17-19-21-23-25-26-27-28-29-30-31-32-33-34-36-38-40-42-44-46-48-50-52-56(62)54-59(64)60-57(55-61)58(63)53-51-49-47-45-43-41-39-37-35-24-22-20-18-16-14-12-10-8-6-4-2/h27-28,56-58,61-63H,3-26,29-55H2,1-2H3,(H,60,64)/b28-27-. The van der Waals surface area contributed by atoms with Gasteiger partial charge in [-0.25, -0.2) is 0 Å². The van der Waals surface area contributed by atoms with Gasteiger partial charge in [-0.2, -0.15) is 0 Å². The summed E-state index contributed by atoms with van der Waals surface area (Å²) in [5, 5.41) is 33.7. The SMILES string of the molecule is CCCCCCCCCCCCCC/C=C\CCCCCCCCCCCCCCCC(O)CC(=O)NC(CO)C(O)CCCCCCCCCCCCCCCCCCCCCC. The summed E-state index contributed by atoms with van der Waals surface area (Å²) in [5.74, 6) is -0.276. The summed E-state index contributed by atoms with van der Waals surface area (Å²) >= 11 is 0. The number of aliphatic hydroxyl groups is 3. The third-order valence-corrected chi connectivity index (χ3v) is 14.1. The van der Waals surface area contributed by atoms with Crippen LogP contribution in [0.1, 0.15) is 335 Å². The van der Waals surface area contributed by atoms with Crippen LogP contribution in [0.25, 0.3) is 0 Å². The van der Waals surface area contributed by atoms with Gasteiger partial charge in [0.1, 0.15) is 0 Å². The minimum Gasteiger partial charge on any atom is -0.394 e. The lowest BCUT2D eigenvalue weighted by Gasteiger charge is -2.23. The zero-order valence-corrected chi connectivity index (χ0v) is 43.7. The van der Waals surface area contributed by atoms with Crippen molar-refractivity contribution in [3.8, 4) is 0 Å². The van der Waals surface area contributed by atoms with Gasteiger partial charge in [0.05, 0.1) is 31.3 Å². The van der Waals surface area contributed by atoms with Gasteiger partial charge >= 0.3 is 0 Å². The first-order chi connectivity index (χ1) is 31.5. The molecule has 0 aromatic heterocycles. The number of hydrogen-bond donors (Lipinski definition) is 4. The molecule has 0 fully saturated rings. The average molecular weight is 905 g/mol. The molecule has 3 unspecified atom stereocenters. The minimum absolute atomic E-state index is 0.0408. The zero-order chi connectivity index (χ0) is 46.5. The second-order valence-corrected chi connectivity index (χ2v) is 20.6. The highest BCUT2D eigenvalue weighted by Gasteiger charge is 2.21. The molecule has 1 amide bonds. The van der Waals surface area contributed by atoms with E-state index in [0.29, 0.717) is 12.8 Å². The summed E-state index contributed by atoms with van der Waals surface area (Å²) < 4.78 is 0. The molecule has 3 atom stereocenters. The number of amides is 1. The fourth-order valence-corrected chi connectivity index (χ4v) is 9.58. The Morgan fingerprint density at radius 1 is 0.375 bits per heavy atom. The van der Waals surface area contributed by atoms with Crippen LogP contribution in [0, 0.1) is 0 Å². The van der Waals surface area contributed by atoms with E-state index in [1.54, 1.807) is 0 Å². The van der Waals surface area contributed by atoms with Gasteiger partial charge in [0.15, 0.2) is 0 Å². The first kappa shape index (κ1) is 63.1. The Morgan fingerprint density at radius 3 is 0.906 bits per heavy atom. The van der Waals surface area contributed by atoms with Gasteiger partial charge in [-0.3, -0.25) is 4.79 Å². The molecule has 0 heterocycles. The number of aliphatic hydroxyl groups excluding tert-OH is 3. The molecule has 5 nitrogen and oxygen atoms in total. The van der Waals surface area contributed by atoms with Crippen LogP contribution in [0.15, 0.2) is 12.2 Å². The molecule has 4 N–H and O–H groups in total. The van der Waals surface area contributed by atoms with Crippen LogP contribution >= 0.6 is 0 Å². The van der Waals surface area contributed by atoms with Crippen molar-refractivity contribution >= 4 is 5.91 Å². The predicted molar refractivity (Wildman–Crippen MR) is 282 cm³/mol. The van der Waals surface area contributed by atoms with Crippen molar-refractivity contribution in [2.45, 2.75) is 353 Å². The summed E-state index contributed by atoms with van der Waals surface area (Å²) in [5.41, 5.74) is 0. The maximum Gasteiger partial charge on any atom is 0.222 e. The van der Waals surface area contributed by atoms with Crippen LogP contribution in [0.5, 0.6) is 0 Å². The Morgan fingerprint density at radius 2 is 0.625 bits per heavy atom. The normalized spacial score (nSPS) is 13.3. The van der Waals surface area contributed by atoms with Gasteiger partial charge < -0.3 is 20.6 Å². The van der Waals surface area contributed by atoms with E-state index < -0.39 is 18.2 Å². The van der Waals surface area contributed by atoms with Crippen LogP contribution in [0.4, 0.5) is 0 Å². The molecule has 0 aromatic carbocycles. The van der Waals surface area contributed by atoms with Crippen molar-refractivity contribution in [2.75, 3.05) is 6.61 Å². The number of allylic oxidation sites excluding steroid dienone is 2. The smallest absolute Gasteiger partial charge is 0.222 e. The highest BCUT2D eigenvalue weighted by atomic mass is 16.3. The van der Waals surface area contributed by atoms with E-state index in [2.05, 4.69) is 31.3 Å². The molecule has 382 valence electrons. The van der Waals surface area contributed by atoms with E-state index >= 15 is 0 Å². The Bertz CT molecular complexity index is 909. The Kier molecular flexibility index (Phi) is 53.9. The summed E-state index contributed by atoms with van der Waals surface area (Å²) in [7, 11) is 0. The lowest BCUT2D eigenvalue weighted by Crippen LogP contribution is -2.46. The van der Waals surface area contributed by atoms with E-state index in [1.807, 2.05) is 0 Å². The van der Waals surface area contributed by atoms with E-state index in [1.165, 1.54) is 276 Å². The molecule has 0 rings (SSSR count). The van der Waals surface area contributed by atoms with Crippen LogP contribution in [0.3, 0.4) is 0 Å². The van der Waals surface area contributed by atoms with Crippen molar-refractivity contribution in [3.05, 3.63) is 12.2 Å². The average Bonchev–Trinajstić information content (AvgIpc) is 3.29. The predicted octanol–water partition coefficient (Wildman–Crippen LogP) is 18.3. The zero-order valence-electron chi connectivity index (χ0n) is 43.7. The molecule has 0 bridgehead atoms. The summed E-state index contributed by atoms with van der Waals surface area (Å²) in [4.78, 5) is 12.6. The molecule has 0 spiro atoms. The summed E-state index contributed by atoms with van der Waals surface area (Å²) in [6.07, 6.45) is 68.1. The third kappa shape index (κ3) is 50.5. The van der Waals surface area contributed by atoms with E-state index in [-0.39, 0.29) is 18.9 Å². The number of hydrogen-bond acceptors (Lipinski definition) is 4. The molecule has 0 saturated carbocycles. The fraction of sp³-hybridized carbons (Fsp3) is 0.949. The topological polar surface area (TPSA) is 89.8 Å². The third-order valence-electron chi connectivity index (χ3n) is 14.1. The van der Waals surface area contributed by atoms with Gasteiger partial charge in [-0.15, -0.1) is 0 Å². The van der Waals surface area contributed by atoms with Crippen molar-refractivity contribution in [2.24, 2.45) is 0 Å². The largest absolute Gasteiger partial charge is 0.394 e. The van der Waals surface area contributed by atoms with E-state index in [9.17, 15) is 20.1 Å². The van der Waals surface area contributed by atoms with Crippen LogP contribution in [-0.2, 0) is 4.79 Å². The summed E-state index contributed by atoms with van der Waals surface area (Å²) in [6, 6.07) is -0.656. The molecule has 0 aromatic rings. The lowest BCUT2D eigenvalue weighted by molar-refractivity contribution is -0.125. The summed E-state index contributed by atoms with van der Waals surface area (Å²) in [6.45, 7) is 4.31. The minimum atomic E-state index is -0.747. The number of unbranched alkanes of at least 4 members (excludes halogenated alkanes) is 44. The van der Waals surface area contributed by atoms with Crippen molar-refractivity contribution in [1.29, 1.82) is 0 Å². The van der Waals surface area contributed by atoms with Gasteiger partial charge in [0.2, 0.25) is 5.91 Å². The van der Waals surface area contributed by atoms with Gasteiger partial charge in [0.25, 0.3) is 0 Å². The molecule has 64 heavy (non-hydrogen) atoms. The molecule has 0 aliphatic rings. The van der Waals surface area contributed by atoms with Crippen molar-refractivity contribution < 1.29 is 20.1 Å². The molecule has 0 aliphatic heterocycles. The molecule has 0 aliphatic carbocycles. The molecule has 0 radical (unpaired) electrons. The maximum absolute atomic E-state index is 12.6. The van der Waals surface area contributed by atoms with Crippen LogP contribution in [-0.4, -0.2) is 46.1 Å². The highest BCUT2D eigenvalue weighted by molar-refractivity contribution is 5.76. The number of carbonyl (C=O) groups excluding carboxylic acids is 1. The van der Waals surface area contributed by atoms with E-state index in [0.717, 1.165) is 25.7 Å². The van der Waals surface area contributed by atoms with E-state index in [4.69, 9.17) is 0 Å². The first-order valence-electron chi connectivity index (χ1n) is 29.5. The van der Waals surface area contributed by atoms with Crippen LogP contribution < -0.4 is 5.32 Å². The van der Waals surface area contributed by atoms with Crippen molar-refractivity contribution in [3.63, 3.8) is 0 Å². The molecular formula is C59H117NO4. The van der Waals surface area contributed by atoms with Gasteiger partial charge in [-0.05, 0) is 38.5 Å². The molecule has 5 heteroatoms. The Labute approximate surface area is 401 Å². The number of rotatable bonds is 55. The lowest BCUT2D eigenvalue weighted by atomic mass is 10.0. The molecular weight excluding hydrogens is 787 g/mol. The molecule has 0 saturated heterocycles. The highest BCUT2D eigenvalue weighted by Crippen LogP contribution is 2.18. The second-order valence-electron chi connectivity index (χ2n) is 20.6. The van der Waals surface area contributed by atoms with Crippen molar-refractivity contribution in [1.82, 2.24) is 5.32 Å². The quantitative estimate of drug-likeness (QED) is 0.0362. The maximum atomic E-state index is 12.6. The Hall–Kier alpha value is -0.910. The first-order valence-corrected chi connectivity index (χ1v) is 29.5. The van der Waals surface area contributed by atoms with Gasteiger partial charge in [-0.1, -0.05) is 302 Å². The second kappa shape index (κ2) is 54.7. The van der Waals surface area contributed by atoms with Crippen LogP contribution in [0.2, 0.25) is 0 Å². The fourth-order valence-electron chi connectivity index (χ4n) is 9.58. The van der Waals surface area contributed by atoms with Gasteiger partial charge in [0, 0.05) is 0 Å². The number of carbonyl (C=O) groups is 1.